The quantitative estimate of drug-likeness (QED) is 0.683. The Bertz CT molecular complexity index is 956. The smallest absolute Gasteiger partial charge is 0.408 e. The van der Waals surface area contributed by atoms with E-state index in [1.54, 1.807) is 39.0 Å². The van der Waals surface area contributed by atoms with Crippen molar-refractivity contribution in [3.63, 3.8) is 0 Å². The standard InChI is InChI=1S/C19H20N2O5S/c1-19(2,3)26-18(24)21-13(17(22)23)10-11-6-7-14-12(9-11)20-16(25-14)15-5-4-8-27-15/h4-9,13H,10H2,1-3H3,(H,21,24)(H,22,23)/t13-/m0/s1. The SMILES string of the molecule is CC(C)(C)OC(=O)N[C@@H](Cc1ccc2oc(-c3cccs3)nc2c1)C(=O)O. The van der Waals surface area contributed by atoms with E-state index in [0.717, 1.165) is 10.4 Å². The minimum atomic E-state index is -1.14. The Morgan fingerprint density at radius 2 is 2.11 bits per heavy atom. The third-order valence-corrected chi connectivity index (χ3v) is 4.47. The van der Waals surface area contributed by atoms with Crippen LogP contribution in [-0.2, 0) is 16.0 Å². The van der Waals surface area contributed by atoms with E-state index >= 15 is 0 Å². The lowest BCUT2D eigenvalue weighted by molar-refractivity contribution is -0.139. The van der Waals surface area contributed by atoms with Gasteiger partial charge in [0.1, 0.15) is 17.2 Å². The van der Waals surface area contributed by atoms with Crippen LogP contribution in [0.4, 0.5) is 4.79 Å². The van der Waals surface area contributed by atoms with Gasteiger partial charge in [0.25, 0.3) is 0 Å². The summed E-state index contributed by atoms with van der Waals surface area (Å²) in [5.74, 6) is -0.612. The van der Waals surface area contributed by atoms with Crippen molar-refractivity contribution in [2.45, 2.75) is 38.8 Å². The molecule has 8 heteroatoms. The van der Waals surface area contributed by atoms with Gasteiger partial charge in [-0.3, -0.25) is 0 Å². The molecular formula is C19H20N2O5S. The molecule has 0 aliphatic heterocycles. The van der Waals surface area contributed by atoms with Crippen molar-refractivity contribution in [2.24, 2.45) is 0 Å². The first-order valence-electron chi connectivity index (χ1n) is 8.37. The number of nitrogens with one attached hydrogen (secondary N) is 1. The van der Waals surface area contributed by atoms with E-state index in [9.17, 15) is 14.7 Å². The predicted octanol–water partition coefficient (Wildman–Crippen LogP) is 4.08. The van der Waals surface area contributed by atoms with Crippen molar-refractivity contribution in [3.8, 4) is 10.8 Å². The van der Waals surface area contributed by atoms with Crippen molar-refractivity contribution in [3.05, 3.63) is 41.3 Å². The molecule has 0 aliphatic rings. The zero-order chi connectivity index (χ0) is 19.6. The number of alkyl carbamates (subject to hydrolysis) is 1. The molecule has 1 amide bonds. The molecule has 0 saturated carbocycles. The third kappa shape index (κ3) is 4.85. The van der Waals surface area contributed by atoms with Gasteiger partial charge in [-0.2, -0.15) is 0 Å². The van der Waals surface area contributed by atoms with Crippen LogP contribution >= 0.6 is 11.3 Å². The van der Waals surface area contributed by atoms with E-state index in [-0.39, 0.29) is 6.42 Å². The number of oxazole rings is 1. The number of ether oxygens (including phenoxy) is 1. The number of carboxylic acid groups (broad SMARTS) is 1. The van der Waals surface area contributed by atoms with E-state index in [1.165, 1.54) is 11.3 Å². The summed E-state index contributed by atoms with van der Waals surface area (Å²) in [4.78, 5) is 28.8. The molecule has 2 N–H and O–H groups in total. The molecule has 2 heterocycles. The zero-order valence-corrected chi connectivity index (χ0v) is 16.0. The second-order valence-electron chi connectivity index (χ2n) is 7.04. The van der Waals surface area contributed by atoms with Gasteiger partial charge in [-0.1, -0.05) is 12.1 Å². The fourth-order valence-corrected chi connectivity index (χ4v) is 3.14. The number of aromatic nitrogens is 1. The van der Waals surface area contributed by atoms with Crippen LogP contribution in [-0.4, -0.2) is 33.8 Å². The van der Waals surface area contributed by atoms with Crippen LogP contribution in [0.25, 0.3) is 21.9 Å². The van der Waals surface area contributed by atoms with Gasteiger partial charge in [-0.15, -0.1) is 11.3 Å². The molecule has 0 spiro atoms. The van der Waals surface area contributed by atoms with Crippen LogP contribution < -0.4 is 5.32 Å². The van der Waals surface area contributed by atoms with Crippen LogP contribution in [0.3, 0.4) is 0 Å². The maximum atomic E-state index is 11.9. The molecule has 2 aromatic heterocycles. The largest absolute Gasteiger partial charge is 0.480 e. The molecule has 0 bridgehead atoms. The van der Waals surface area contributed by atoms with Crippen molar-refractivity contribution < 1.29 is 23.8 Å². The number of carboxylic acids is 1. The Hall–Kier alpha value is -2.87. The number of hydrogen-bond acceptors (Lipinski definition) is 6. The summed E-state index contributed by atoms with van der Waals surface area (Å²) in [5.41, 5.74) is 1.27. The minimum Gasteiger partial charge on any atom is -0.480 e. The predicted molar refractivity (Wildman–Crippen MR) is 102 cm³/mol. The average Bonchev–Trinajstić information content (AvgIpc) is 3.21. The highest BCUT2D eigenvalue weighted by molar-refractivity contribution is 7.13. The first-order valence-corrected chi connectivity index (χ1v) is 9.25. The number of benzene rings is 1. The highest BCUT2D eigenvalue weighted by atomic mass is 32.1. The summed E-state index contributed by atoms with van der Waals surface area (Å²) in [6.07, 6.45) is -0.663. The molecule has 0 radical (unpaired) electrons. The number of amides is 1. The second-order valence-corrected chi connectivity index (χ2v) is 7.99. The monoisotopic (exact) mass is 388 g/mol. The topological polar surface area (TPSA) is 102 Å². The van der Waals surface area contributed by atoms with Crippen LogP contribution in [0.15, 0.2) is 40.1 Å². The summed E-state index contributed by atoms with van der Waals surface area (Å²) >= 11 is 1.53. The Morgan fingerprint density at radius 3 is 2.74 bits per heavy atom. The lowest BCUT2D eigenvalue weighted by atomic mass is 10.1. The number of carbonyl (C=O) groups is 2. The van der Waals surface area contributed by atoms with Gasteiger partial charge in [0.15, 0.2) is 5.58 Å². The fourth-order valence-electron chi connectivity index (χ4n) is 2.49. The second kappa shape index (κ2) is 7.40. The van der Waals surface area contributed by atoms with Crippen LogP contribution in [0, 0.1) is 0 Å². The first-order chi connectivity index (χ1) is 12.7. The van der Waals surface area contributed by atoms with Crippen molar-refractivity contribution >= 4 is 34.5 Å². The molecule has 1 aromatic carbocycles. The summed E-state index contributed by atoms with van der Waals surface area (Å²) in [6.45, 7) is 5.14. The van der Waals surface area contributed by atoms with Crippen LogP contribution in [0.5, 0.6) is 0 Å². The molecule has 0 saturated heterocycles. The Kier molecular flexibility index (Phi) is 5.18. The number of fused-ring (bicyclic) bond motifs is 1. The molecule has 0 unspecified atom stereocenters. The number of thiophene rings is 1. The molecule has 3 aromatic rings. The number of rotatable bonds is 5. The van der Waals surface area contributed by atoms with E-state index in [2.05, 4.69) is 10.3 Å². The summed E-state index contributed by atoms with van der Waals surface area (Å²) in [7, 11) is 0. The summed E-state index contributed by atoms with van der Waals surface area (Å²) < 4.78 is 10.9. The zero-order valence-electron chi connectivity index (χ0n) is 15.2. The Morgan fingerprint density at radius 1 is 1.33 bits per heavy atom. The van der Waals surface area contributed by atoms with Gasteiger partial charge in [0.2, 0.25) is 5.89 Å². The normalized spacial score (nSPS) is 12.7. The van der Waals surface area contributed by atoms with Crippen LogP contribution in [0.1, 0.15) is 26.3 Å². The average molecular weight is 388 g/mol. The number of nitrogens with zero attached hydrogens (tertiary/aromatic N) is 1. The molecular weight excluding hydrogens is 368 g/mol. The summed E-state index contributed by atoms with van der Waals surface area (Å²) in [5, 5.41) is 13.8. The highest BCUT2D eigenvalue weighted by Crippen LogP contribution is 2.28. The number of aliphatic carboxylic acids is 1. The molecule has 3 rings (SSSR count). The number of carbonyl (C=O) groups excluding carboxylic acids is 1. The number of hydrogen-bond donors (Lipinski definition) is 2. The first kappa shape index (κ1) is 18.9. The lowest BCUT2D eigenvalue weighted by Gasteiger charge is -2.22. The van der Waals surface area contributed by atoms with Crippen molar-refractivity contribution in [1.82, 2.24) is 10.3 Å². The van der Waals surface area contributed by atoms with Crippen molar-refractivity contribution in [2.75, 3.05) is 0 Å². The van der Waals surface area contributed by atoms with E-state index in [4.69, 9.17) is 9.15 Å². The highest BCUT2D eigenvalue weighted by Gasteiger charge is 2.24. The summed E-state index contributed by atoms with van der Waals surface area (Å²) in [6, 6.07) is 8.00. The van der Waals surface area contributed by atoms with Crippen LogP contribution in [0.2, 0.25) is 0 Å². The van der Waals surface area contributed by atoms with E-state index in [0.29, 0.717) is 17.0 Å². The van der Waals surface area contributed by atoms with E-state index in [1.807, 2.05) is 17.5 Å². The molecule has 0 fully saturated rings. The van der Waals surface area contributed by atoms with Gasteiger partial charge in [0, 0.05) is 6.42 Å². The molecule has 1 atom stereocenters. The van der Waals surface area contributed by atoms with Gasteiger partial charge in [-0.25, -0.2) is 14.6 Å². The maximum absolute atomic E-state index is 11.9. The minimum absolute atomic E-state index is 0.103. The Labute approximate surface area is 160 Å². The molecule has 0 aliphatic carbocycles. The molecule has 142 valence electrons. The third-order valence-electron chi connectivity index (χ3n) is 3.61. The van der Waals surface area contributed by atoms with E-state index < -0.39 is 23.7 Å². The lowest BCUT2D eigenvalue weighted by Crippen LogP contribution is -2.44. The molecule has 27 heavy (non-hydrogen) atoms. The van der Waals surface area contributed by atoms with Gasteiger partial charge in [0.05, 0.1) is 4.88 Å². The maximum Gasteiger partial charge on any atom is 0.408 e. The van der Waals surface area contributed by atoms with Gasteiger partial charge >= 0.3 is 12.1 Å². The van der Waals surface area contributed by atoms with Crippen molar-refractivity contribution in [1.29, 1.82) is 0 Å². The van der Waals surface area contributed by atoms with Gasteiger partial charge < -0.3 is 19.6 Å². The fraction of sp³-hybridized carbons (Fsp3) is 0.316. The Balaban J connectivity index is 1.77. The van der Waals surface area contributed by atoms with Gasteiger partial charge in [-0.05, 0) is 49.9 Å². The molecule has 7 nitrogen and oxygen atoms in total.